The summed E-state index contributed by atoms with van der Waals surface area (Å²) in [5.41, 5.74) is 5.74. The zero-order chi connectivity index (χ0) is 17.4. The second-order valence-electron chi connectivity index (χ2n) is 5.99. The van der Waals surface area contributed by atoms with Crippen molar-refractivity contribution in [3.05, 3.63) is 24.4 Å². The van der Waals surface area contributed by atoms with Gasteiger partial charge < -0.3 is 20.9 Å². The van der Waals surface area contributed by atoms with E-state index >= 15 is 0 Å². The topological polar surface area (TPSA) is 91.6 Å². The van der Waals surface area contributed by atoms with Gasteiger partial charge in [-0.3, -0.25) is 9.59 Å². The first-order valence-corrected chi connectivity index (χ1v) is 8.59. The van der Waals surface area contributed by atoms with Gasteiger partial charge in [-0.05, 0) is 18.6 Å². The van der Waals surface area contributed by atoms with Crippen molar-refractivity contribution < 1.29 is 9.59 Å². The third kappa shape index (κ3) is 6.51. The molecule has 0 aromatic carbocycles. The molecule has 140 valence electrons. The summed E-state index contributed by atoms with van der Waals surface area (Å²) in [6.45, 7) is 5.24. The molecule has 25 heavy (non-hydrogen) atoms. The van der Waals surface area contributed by atoms with Gasteiger partial charge in [0.2, 0.25) is 11.8 Å². The predicted octanol–water partition coefficient (Wildman–Crippen LogP) is 0.786. The van der Waals surface area contributed by atoms with Crippen LogP contribution in [0.3, 0.4) is 0 Å². The van der Waals surface area contributed by atoms with Crippen molar-refractivity contribution in [2.24, 2.45) is 5.73 Å². The third-order valence-electron chi connectivity index (χ3n) is 4.18. The quantitative estimate of drug-likeness (QED) is 0.741. The molecule has 0 radical (unpaired) electrons. The van der Waals surface area contributed by atoms with Gasteiger partial charge in [0, 0.05) is 45.3 Å². The average molecular weight is 370 g/mol. The van der Waals surface area contributed by atoms with Crippen LogP contribution in [0.4, 0.5) is 5.82 Å². The normalized spacial score (nSPS) is 15.3. The third-order valence-corrected chi connectivity index (χ3v) is 4.18. The molecule has 1 atom stereocenters. The molecule has 0 spiro atoms. The highest BCUT2D eigenvalue weighted by atomic mass is 35.5. The van der Waals surface area contributed by atoms with Crippen molar-refractivity contribution in [3.63, 3.8) is 0 Å². The largest absolute Gasteiger partial charge is 0.354 e. The number of pyridine rings is 1. The molecule has 1 aliphatic heterocycles. The Bertz CT molecular complexity index is 535. The van der Waals surface area contributed by atoms with Crippen molar-refractivity contribution in [1.82, 2.24) is 15.2 Å². The molecule has 8 heteroatoms. The number of anilines is 1. The van der Waals surface area contributed by atoms with Gasteiger partial charge in [-0.2, -0.15) is 0 Å². The van der Waals surface area contributed by atoms with E-state index in [9.17, 15) is 9.59 Å². The van der Waals surface area contributed by atoms with Crippen LogP contribution >= 0.6 is 12.4 Å². The van der Waals surface area contributed by atoms with Gasteiger partial charge >= 0.3 is 0 Å². The van der Waals surface area contributed by atoms with E-state index in [-0.39, 0.29) is 24.2 Å². The maximum Gasteiger partial charge on any atom is 0.236 e. The summed E-state index contributed by atoms with van der Waals surface area (Å²) in [4.78, 5) is 32.3. The van der Waals surface area contributed by atoms with Crippen LogP contribution in [-0.4, -0.2) is 60.5 Å². The van der Waals surface area contributed by atoms with Gasteiger partial charge in [0.15, 0.2) is 0 Å². The van der Waals surface area contributed by atoms with E-state index < -0.39 is 6.04 Å². The van der Waals surface area contributed by atoms with Crippen molar-refractivity contribution in [3.8, 4) is 0 Å². The Morgan fingerprint density at radius 2 is 2.00 bits per heavy atom. The maximum absolute atomic E-state index is 12.2. The number of halogens is 1. The lowest BCUT2D eigenvalue weighted by Gasteiger charge is -2.35. The monoisotopic (exact) mass is 369 g/mol. The van der Waals surface area contributed by atoms with Crippen molar-refractivity contribution in [1.29, 1.82) is 0 Å². The summed E-state index contributed by atoms with van der Waals surface area (Å²) in [5.74, 6) is 0.839. The van der Waals surface area contributed by atoms with Crippen LogP contribution in [0, 0.1) is 0 Å². The zero-order valence-corrected chi connectivity index (χ0v) is 15.5. The second kappa shape index (κ2) is 10.9. The summed E-state index contributed by atoms with van der Waals surface area (Å²) >= 11 is 0. The number of rotatable bonds is 7. The van der Waals surface area contributed by atoms with Crippen LogP contribution in [0.1, 0.15) is 26.2 Å². The molecule has 2 heterocycles. The van der Waals surface area contributed by atoms with Crippen LogP contribution in [0.5, 0.6) is 0 Å². The molecule has 0 saturated carbocycles. The van der Waals surface area contributed by atoms with Crippen molar-refractivity contribution in [2.45, 2.75) is 32.2 Å². The predicted molar refractivity (Wildman–Crippen MR) is 101 cm³/mol. The number of nitrogens with zero attached hydrogens (tertiary/aromatic N) is 3. The number of aromatic nitrogens is 1. The average Bonchev–Trinajstić information content (AvgIpc) is 2.62. The number of carbonyl (C=O) groups is 2. The first-order chi connectivity index (χ1) is 11.6. The first-order valence-electron chi connectivity index (χ1n) is 8.59. The van der Waals surface area contributed by atoms with E-state index in [0.717, 1.165) is 25.3 Å². The van der Waals surface area contributed by atoms with Crippen LogP contribution in [-0.2, 0) is 9.59 Å². The van der Waals surface area contributed by atoms with Gasteiger partial charge in [-0.25, -0.2) is 4.98 Å². The molecule has 1 unspecified atom stereocenters. The summed E-state index contributed by atoms with van der Waals surface area (Å²) in [6, 6.07) is 5.36. The Balaban J connectivity index is 0.00000312. The molecule has 3 N–H and O–H groups in total. The minimum atomic E-state index is -0.480. The Morgan fingerprint density at radius 3 is 2.60 bits per heavy atom. The summed E-state index contributed by atoms with van der Waals surface area (Å²) in [5, 5.41) is 2.74. The van der Waals surface area contributed by atoms with E-state index in [1.54, 1.807) is 6.20 Å². The number of carbonyl (C=O) groups excluding carboxylic acids is 2. The number of hydrogen-bond acceptors (Lipinski definition) is 5. The van der Waals surface area contributed by atoms with Gasteiger partial charge in [0.1, 0.15) is 5.82 Å². The molecule has 2 amide bonds. The standard InChI is InChI=1S/C17H27N5O2.ClH/c1-2-5-14(18)17(24)20-9-7-16(23)22-12-10-21(11-13-22)15-6-3-4-8-19-15;/h3-4,6,8,14H,2,5,7,9-13,18H2,1H3,(H,20,24);1H. The number of piperazine rings is 1. The summed E-state index contributed by atoms with van der Waals surface area (Å²) < 4.78 is 0. The minimum Gasteiger partial charge on any atom is -0.354 e. The Kier molecular flexibility index (Phi) is 9.23. The highest BCUT2D eigenvalue weighted by molar-refractivity contribution is 5.85. The van der Waals surface area contributed by atoms with E-state index in [1.165, 1.54) is 0 Å². The van der Waals surface area contributed by atoms with E-state index in [4.69, 9.17) is 5.73 Å². The van der Waals surface area contributed by atoms with Crippen molar-refractivity contribution >= 4 is 30.0 Å². The van der Waals surface area contributed by atoms with E-state index in [2.05, 4.69) is 15.2 Å². The van der Waals surface area contributed by atoms with Crippen LogP contribution in [0.2, 0.25) is 0 Å². The fourth-order valence-electron chi connectivity index (χ4n) is 2.75. The van der Waals surface area contributed by atoms with Crippen LogP contribution < -0.4 is 16.0 Å². The Labute approximate surface area is 155 Å². The molecule has 1 fully saturated rings. The van der Waals surface area contributed by atoms with Gasteiger partial charge in [-0.1, -0.05) is 19.4 Å². The molecule has 1 aromatic heterocycles. The van der Waals surface area contributed by atoms with Gasteiger partial charge in [0.25, 0.3) is 0 Å². The lowest BCUT2D eigenvalue weighted by Crippen LogP contribution is -2.49. The first kappa shape index (κ1) is 21.2. The second-order valence-corrected chi connectivity index (χ2v) is 5.99. The summed E-state index contributed by atoms with van der Waals surface area (Å²) in [6.07, 6.45) is 3.62. The highest BCUT2D eigenvalue weighted by Gasteiger charge is 2.21. The molecular formula is C17H28ClN5O2. The molecule has 1 aromatic rings. The summed E-state index contributed by atoms with van der Waals surface area (Å²) in [7, 11) is 0. The van der Waals surface area contributed by atoms with Gasteiger partial charge in [-0.15, -0.1) is 12.4 Å². The van der Waals surface area contributed by atoms with Crippen LogP contribution in [0.15, 0.2) is 24.4 Å². The van der Waals surface area contributed by atoms with Crippen LogP contribution in [0.25, 0.3) is 0 Å². The molecule has 0 aliphatic carbocycles. The molecule has 2 rings (SSSR count). The smallest absolute Gasteiger partial charge is 0.236 e. The molecule has 0 bridgehead atoms. The van der Waals surface area contributed by atoms with E-state index in [1.807, 2.05) is 30.0 Å². The lowest BCUT2D eigenvalue weighted by atomic mass is 10.1. The Hall–Kier alpha value is -1.86. The number of amides is 2. The van der Waals surface area contributed by atoms with Gasteiger partial charge in [0.05, 0.1) is 6.04 Å². The molecule has 1 aliphatic rings. The number of nitrogens with one attached hydrogen (secondary N) is 1. The molecule has 1 saturated heterocycles. The van der Waals surface area contributed by atoms with Crippen molar-refractivity contribution in [2.75, 3.05) is 37.6 Å². The highest BCUT2D eigenvalue weighted by Crippen LogP contribution is 2.12. The fourth-order valence-corrected chi connectivity index (χ4v) is 2.75. The SMILES string of the molecule is CCCC(N)C(=O)NCCC(=O)N1CCN(c2ccccn2)CC1.Cl. The zero-order valence-electron chi connectivity index (χ0n) is 14.7. The molecular weight excluding hydrogens is 342 g/mol. The lowest BCUT2D eigenvalue weighted by molar-refractivity contribution is -0.131. The molecule has 7 nitrogen and oxygen atoms in total. The Morgan fingerprint density at radius 1 is 1.28 bits per heavy atom. The maximum atomic E-state index is 12.2. The number of hydrogen-bond donors (Lipinski definition) is 2. The fraction of sp³-hybridized carbons (Fsp3) is 0.588. The minimum absolute atomic E-state index is 0. The number of nitrogens with two attached hydrogens (primary N) is 1. The van der Waals surface area contributed by atoms with E-state index in [0.29, 0.717) is 32.5 Å².